The van der Waals surface area contributed by atoms with Crippen LogP contribution in [-0.4, -0.2) is 21.7 Å². The highest BCUT2D eigenvalue weighted by Gasteiger charge is 2.24. The van der Waals surface area contributed by atoms with Gasteiger partial charge >= 0.3 is 0 Å². The summed E-state index contributed by atoms with van der Waals surface area (Å²) in [6, 6.07) is 12.3. The zero-order valence-corrected chi connectivity index (χ0v) is 15.3. The van der Waals surface area contributed by atoms with Gasteiger partial charge in [-0.2, -0.15) is 0 Å². The molecule has 0 radical (unpaired) electrons. The molecule has 1 N–H and O–H groups in total. The predicted molar refractivity (Wildman–Crippen MR) is 99.8 cm³/mol. The van der Waals surface area contributed by atoms with E-state index in [0.29, 0.717) is 21.5 Å². The monoisotopic (exact) mass is 377 g/mol. The molecule has 0 aliphatic carbocycles. The fourth-order valence-corrected chi connectivity index (χ4v) is 3.36. The minimum Gasteiger partial charge on any atom is -0.479 e. The Kier molecular flexibility index (Phi) is 5.04. The van der Waals surface area contributed by atoms with Crippen LogP contribution in [0.5, 0.6) is 5.75 Å². The Morgan fingerprint density at radius 3 is 2.64 bits per heavy atom. The van der Waals surface area contributed by atoms with Crippen molar-refractivity contribution in [3.8, 4) is 5.75 Å². The van der Waals surface area contributed by atoms with Crippen molar-refractivity contribution in [2.75, 3.05) is 0 Å². The first-order valence-electron chi connectivity index (χ1n) is 7.79. The van der Waals surface area contributed by atoms with Crippen molar-refractivity contribution < 1.29 is 14.6 Å². The summed E-state index contributed by atoms with van der Waals surface area (Å²) in [5, 5.41) is 11.4. The van der Waals surface area contributed by atoms with E-state index in [2.05, 4.69) is 0 Å². The van der Waals surface area contributed by atoms with Crippen LogP contribution < -0.4 is 4.74 Å². The van der Waals surface area contributed by atoms with Gasteiger partial charge in [0.2, 0.25) is 0 Å². The lowest BCUT2D eigenvalue weighted by Gasteiger charge is -2.17. The van der Waals surface area contributed by atoms with E-state index < -0.39 is 6.10 Å². The van der Waals surface area contributed by atoms with E-state index in [1.54, 1.807) is 29.7 Å². The van der Waals surface area contributed by atoms with Crippen molar-refractivity contribution in [3.63, 3.8) is 0 Å². The van der Waals surface area contributed by atoms with Crippen LogP contribution in [0.4, 0.5) is 0 Å². The molecular weight excluding hydrogens is 361 g/mol. The van der Waals surface area contributed by atoms with Crippen LogP contribution in [-0.2, 0) is 6.61 Å². The van der Waals surface area contributed by atoms with Gasteiger partial charge in [-0.1, -0.05) is 41.4 Å². The Morgan fingerprint density at radius 2 is 1.96 bits per heavy atom. The minimum absolute atomic E-state index is 0.134. The standard InChI is InChI=1S/C19H17Cl2NO3/c1-11-15(10-23)14-5-3-4-6-17(14)22(11)19(24)12(2)25-18-8-7-13(20)9-16(18)21/h3-9,12,23H,10H2,1-2H3/t12-/m0/s1. The van der Waals surface area contributed by atoms with E-state index in [1.807, 2.05) is 31.2 Å². The molecule has 2 aromatic carbocycles. The largest absolute Gasteiger partial charge is 0.479 e. The number of para-hydroxylation sites is 1. The van der Waals surface area contributed by atoms with E-state index in [4.69, 9.17) is 27.9 Å². The minimum atomic E-state index is -0.764. The Balaban J connectivity index is 1.98. The number of halogens is 2. The second kappa shape index (κ2) is 7.08. The molecule has 6 heteroatoms. The van der Waals surface area contributed by atoms with Crippen LogP contribution in [0.2, 0.25) is 10.0 Å². The molecule has 0 amide bonds. The van der Waals surface area contributed by atoms with Gasteiger partial charge in [0, 0.05) is 21.7 Å². The number of carbonyl (C=O) groups is 1. The smallest absolute Gasteiger partial charge is 0.272 e. The Labute approximate surface area is 155 Å². The third-order valence-corrected chi connectivity index (χ3v) is 4.70. The first-order chi connectivity index (χ1) is 11.9. The van der Waals surface area contributed by atoms with Crippen LogP contribution in [0, 0.1) is 6.92 Å². The third kappa shape index (κ3) is 3.25. The maximum absolute atomic E-state index is 13.0. The highest BCUT2D eigenvalue weighted by Crippen LogP contribution is 2.30. The zero-order chi connectivity index (χ0) is 18.1. The van der Waals surface area contributed by atoms with Crippen LogP contribution in [0.25, 0.3) is 10.9 Å². The molecule has 0 aliphatic rings. The lowest BCUT2D eigenvalue weighted by molar-refractivity contribution is 0.0731. The molecule has 0 unspecified atom stereocenters. The van der Waals surface area contributed by atoms with Crippen molar-refractivity contribution in [2.45, 2.75) is 26.6 Å². The number of aliphatic hydroxyl groups is 1. The summed E-state index contributed by atoms with van der Waals surface area (Å²) < 4.78 is 7.32. The summed E-state index contributed by atoms with van der Waals surface area (Å²) in [5.74, 6) is 0.155. The maximum Gasteiger partial charge on any atom is 0.272 e. The van der Waals surface area contributed by atoms with Crippen LogP contribution in [0.3, 0.4) is 0 Å². The molecule has 0 bridgehead atoms. The molecule has 0 spiro atoms. The van der Waals surface area contributed by atoms with Gasteiger partial charge in [0.1, 0.15) is 5.75 Å². The fraction of sp³-hybridized carbons (Fsp3) is 0.211. The number of benzene rings is 2. The Hall–Kier alpha value is -2.01. The van der Waals surface area contributed by atoms with Gasteiger partial charge in [0.25, 0.3) is 5.91 Å². The second-order valence-corrected chi connectivity index (χ2v) is 6.59. The lowest BCUT2D eigenvalue weighted by Crippen LogP contribution is -2.30. The summed E-state index contributed by atoms with van der Waals surface area (Å²) in [7, 11) is 0. The number of aromatic nitrogens is 1. The molecular formula is C19H17Cl2NO3. The van der Waals surface area contributed by atoms with E-state index >= 15 is 0 Å². The van der Waals surface area contributed by atoms with Crippen LogP contribution >= 0.6 is 23.2 Å². The summed E-state index contributed by atoms with van der Waals surface area (Å²) in [4.78, 5) is 13.0. The first kappa shape index (κ1) is 17.8. The molecule has 4 nitrogen and oxygen atoms in total. The van der Waals surface area contributed by atoms with Gasteiger partial charge in [-0.25, -0.2) is 0 Å². The predicted octanol–water partition coefficient (Wildman–Crippen LogP) is 4.86. The quantitative estimate of drug-likeness (QED) is 0.706. The molecule has 0 fully saturated rings. The number of hydrogen-bond donors (Lipinski definition) is 1. The molecule has 25 heavy (non-hydrogen) atoms. The summed E-state index contributed by atoms with van der Waals surface area (Å²) in [6.07, 6.45) is -0.764. The number of fused-ring (bicyclic) bond motifs is 1. The fourth-order valence-electron chi connectivity index (χ4n) is 2.91. The molecule has 1 aromatic heterocycles. The topological polar surface area (TPSA) is 51.5 Å². The number of aliphatic hydroxyl groups excluding tert-OH is 1. The number of rotatable bonds is 4. The van der Waals surface area contributed by atoms with Gasteiger partial charge < -0.3 is 9.84 Å². The molecule has 1 atom stereocenters. The van der Waals surface area contributed by atoms with Crippen LogP contribution in [0.1, 0.15) is 23.0 Å². The van der Waals surface area contributed by atoms with Gasteiger partial charge in [-0.05, 0) is 38.1 Å². The molecule has 3 aromatic rings. The highest BCUT2D eigenvalue weighted by atomic mass is 35.5. The molecule has 1 heterocycles. The Bertz CT molecular complexity index is 949. The first-order valence-corrected chi connectivity index (χ1v) is 8.55. The van der Waals surface area contributed by atoms with E-state index in [-0.39, 0.29) is 12.5 Å². The second-order valence-electron chi connectivity index (χ2n) is 5.75. The average Bonchev–Trinajstić information content (AvgIpc) is 2.87. The normalized spacial score (nSPS) is 12.4. The molecule has 0 aliphatic heterocycles. The third-order valence-electron chi connectivity index (χ3n) is 4.17. The van der Waals surface area contributed by atoms with E-state index in [0.717, 1.165) is 16.5 Å². The Morgan fingerprint density at radius 1 is 1.24 bits per heavy atom. The molecule has 3 rings (SSSR count). The van der Waals surface area contributed by atoms with Gasteiger partial charge in [-0.15, -0.1) is 0 Å². The van der Waals surface area contributed by atoms with Crippen molar-refractivity contribution in [1.29, 1.82) is 0 Å². The lowest BCUT2D eigenvalue weighted by atomic mass is 10.1. The molecule has 0 saturated heterocycles. The van der Waals surface area contributed by atoms with E-state index in [9.17, 15) is 9.90 Å². The SMILES string of the molecule is Cc1c(CO)c2ccccc2n1C(=O)[C@H](C)Oc1ccc(Cl)cc1Cl. The highest BCUT2D eigenvalue weighted by molar-refractivity contribution is 6.35. The molecule has 0 saturated carbocycles. The van der Waals surface area contributed by atoms with Gasteiger partial charge in [0.15, 0.2) is 6.10 Å². The number of nitrogens with zero attached hydrogens (tertiary/aromatic N) is 1. The number of carbonyl (C=O) groups excluding carboxylic acids is 1. The summed E-state index contributed by atoms with van der Waals surface area (Å²) in [5.41, 5.74) is 2.18. The van der Waals surface area contributed by atoms with Gasteiger partial charge in [-0.3, -0.25) is 9.36 Å². The average molecular weight is 378 g/mol. The van der Waals surface area contributed by atoms with Gasteiger partial charge in [0.05, 0.1) is 17.1 Å². The van der Waals surface area contributed by atoms with E-state index in [1.165, 1.54) is 0 Å². The summed E-state index contributed by atoms with van der Waals surface area (Å²) in [6.45, 7) is 3.34. The number of ether oxygens (including phenoxy) is 1. The zero-order valence-electron chi connectivity index (χ0n) is 13.8. The number of hydrogen-bond acceptors (Lipinski definition) is 3. The van der Waals surface area contributed by atoms with Crippen molar-refractivity contribution in [3.05, 3.63) is 63.8 Å². The maximum atomic E-state index is 13.0. The van der Waals surface area contributed by atoms with Crippen molar-refractivity contribution in [1.82, 2.24) is 4.57 Å². The molecule has 130 valence electrons. The van der Waals surface area contributed by atoms with Crippen molar-refractivity contribution in [2.24, 2.45) is 0 Å². The summed E-state index contributed by atoms with van der Waals surface area (Å²) >= 11 is 12.0. The van der Waals surface area contributed by atoms with Crippen molar-refractivity contribution >= 4 is 40.0 Å². The van der Waals surface area contributed by atoms with Crippen LogP contribution in [0.15, 0.2) is 42.5 Å².